The molecule has 19 heavy (non-hydrogen) atoms. The summed E-state index contributed by atoms with van der Waals surface area (Å²) in [4.78, 5) is 14.0. The van der Waals surface area contributed by atoms with E-state index >= 15 is 0 Å². The first-order valence-corrected chi connectivity index (χ1v) is 6.32. The molecule has 0 fully saturated rings. The fourth-order valence-electron chi connectivity index (χ4n) is 1.78. The van der Waals surface area contributed by atoms with Crippen molar-refractivity contribution in [3.05, 3.63) is 46.7 Å². The molecule has 0 aliphatic carbocycles. The Hall–Kier alpha value is -2.01. The topological polar surface area (TPSA) is 75.0 Å². The molecule has 0 bridgehead atoms. The molecule has 0 unspecified atom stereocenters. The molecular formula is C13H15ClN4O. The number of halogens is 1. The number of hydrogen-bond donors (Lipinski definition) is 2. The van der Waals surface area contributed by atoms with E-state index in [1.54, 1.807) is 11.0 Å². The molecule has 1 amide bonds. The van der Waals surface area contributed by atoms with Gasteiger partial charge in [0.05, 0.1) is 11.9 Å². The van der Waals surface area contributed by atoms with Crippen LogP contribution in [0.3, 0.4) is 0 Å². The molecule has 0 radical (unpaired) electrons. The van der Waals surface area contributed by atoms with E-state index < -0.39 is 0 Å². The molecule has 0 saturated heterocycles. The van der Waals surface area contributed by atoms with Crippen molar-refractivity contribution in [1.29, 1.82) is 0 Å². The van der Waals surface area contributed by atoms with E-state index in [1.807, 2.05) is 25.1 Å². The number of nitrogens with two attached hydrogens (primary N) is 1. The van der Waals surface area contributed by atoms with Crippen LogP contribution in [0.25, 0.3) is 0 Å². The van der Waals surface area contributed by atoms with Gasteiger partial charge in [-0.3, -0.25) is 9.89 Å². The molecule has 1 heterocycles. The number of anilines is 1. The Balaban J connectivity index is 2.20. The van der Waals surface area contributed by atoms with Crippen LogP contribution < -0.4 is 5.73 Å². The zero-order valence-electron chi connectivity index (χ0n) is 10.6. The highest BCUT2D eigenvalue weighted by Gasteiger charge is 2.19. The van der Waals surface area contributed by atoms with Gasteiger partial charge < -0.3 is 10.6 Å². The standard InChI is InChI=1S/C13H15ClN4O/c1-2-18(8-9-5-3-4-6-10(9)14)13(19)12-11(15)7-16-17-12/h3-7H,2,8,15H2,1H3,(H,16,17). The molecule has 1 aromatic heterocycles. The van der Waals surface area contributed by atoms with Crippen molar-refractivity contribution < 1.29 is 4.79 Å². The number of benzene rings is 1. The predicted molar refractivity (Wildman–Crippen MR) is 74.9 cm³/mol. The van der Waals surface area contributed by atoms with Crippen molar-refractivity contribution in [1.82, 2.24) is 15.1 Å². The minimum absolute atomic E-state index is 0.183. The molecular weight excluding hydrogens is 264 g/mol. The van der Waals surface area contributed by atoms with Gasteiger partial charge in [0.2, 0.25) is 0 Å². The van der Waals surface area contributed by atoms with Crippen LogP contribution in [0, 0.1) is 0 Å². The summed E-state index contributed by atoms with van der Waals surface area (Å²) in [5, 5.41) is 7.03. The van der Waals surface area contributed by atoms with E-state index in [2.05, 4.69) is 10.2 Å². The molecule has 1 aromatic carbocycles. The molecule has 6 heteroatoms. The quantitative estimate of drug-likeness (QED) is 0.901. The highest BCUT2D eigenvalue weighted by atomic mass is 35.5. The number of rotatable bonds is 4. The third-order valence-electron chi connectivity index (χ3n) is 2.87. The van der Waals surface area contributed by atoms with E-state index in [0.29, 0.717) is 29.5 Å². The normalized spacial score (nSPS) is 10.4. The third kappa shape index (κ3) is 2.88. The van der Waals surface area contributed by atoms with Crippen LogP contribution in [0.15, 0.2) is 30.5 Å². The Kier molecular flexibility index (Phi) is 4.06. The molecule has 0 atom stereocenters. The molecule has 3 N–H and O–H groups in total. The average Bonchev–Trinajstić information content (AvgIpc) is 2.83. The van der Waals surface area contributed by atoms with E-state index in [-0.39, 0.29) is 5.91 Å². The van der Waals surface area contributed by atoms with Crippen LogP contribution in [-0.4, -0.2) is 27.5 Å². The minimum Gasteiger partial charge on any atom is -0.396 e. The van der Waals surface area contributed by atoms with Crippen molar-refractivity contribution in [2.75, 3.05) is 12.3 Å². The molecule has 0 saturated carbocycles. The number of nitrogens with one attached hydrogen (secondary N) is 1. The first-order chi connectivity index (χ1) is 9.13. The van der Waals surface area contributed by atoms with Gasteiger partial charge in [0, 0.05) is 18.1 Å². The number of nitrogens with zero attached hydrogens (tertiary/aromatic N) is 2. The second kappa shape index (κ2) is 5.75. The van der Waals surface area contributed by atoms with E-state index in [1.165, 1.54) is 6.20 Å². The molecule has 2 rings (SSSR count). The van der Waals surface area contributed by atoms with Gasteiger partial charge in [0.15, 0.2) is 0 Å². The first kappa shape index (κ1) is 13.4. The summed E-state index contributed by atoms with van der Waals surface area (Å²) < 4.78 is 0. The van der Waals surface area contributed by atoms with Crippen LogP contribution >= 0.6 is 11.6 Å². The largest absolute Gasteiger partial charge is 0.396 e. The Morgan fingerprint density at radius 2 is 2.21 bits per heavy atom. The van der Waals surface area contributed by atoms with Crippen molar-refractivity contribution in [3.8, 4) is 0 Å². The molecule has 0 spiro atoms. The van der Waals surface area contributed by atoms with Crippen molar-refractivity contribution >= 4 is 23.2 Å². The summed E-state index contributed by atoms with van der Waals surface area (Å²) in [6, 6.07) is 7.45. The lowest BCUT2D eigenvalue weighted by Gasteiger charge is -2.21. The van der Waals surface area contributed by atoms with E-state index in [9.17, 15) is 4.79 Å². The van der Waals surface area contributed by atoms with Gasteiger partial charge in [-0.25, -0.2) is 0 Å². The van der Waals surface area contributed by atoms with Gasteiger partial charge in [-0.05, 0) is 18.6 Å². The van der Waals surface area contributed by atoms with Crippen molar-refractivity contribution in [2.45, 2.75) is 13.5 Å². The van der Waals surface area contributed by atoms with E-state index in [4.69, 9.17) is 17.3 Å². The van der Waals surface area contributed by atoms with Crippen LogP contribution in [0.1, 0.15) is 23.0 Å². The van der Waals surface area contributed by atoms with Gasteiger partial charge in [-0.15, -0.1) is 0 Å². The maximum atomic E-state index is 12.3. The van der Waals surface area contributed by atoms with Crippen molar-refractivity contribution in [2.24, 2.45) is 0 Å². The van der Waals surface area contributed by atoms with Crippen LogP contribution in [0.2, 0.25) is 5.02 Å². The summed E-state index contributed by atoms with van der Waals surface area (Å²) in [6.45, 7) is 2.90. The Morgan fingerprint density at radius 3 is 2.79 bits per heavy atom. The van der Waals surface area contributed by atoms with Crippen molar-refractivity contribution in [3.63, 3.8) is 0 Å². The number of aromatic nitrogens is 2. The highest BCUT2D eigenvalue weighted by molar-refractivity contribution is 6.31. The highest BCUT2D eigenvalue weighted by Crippen LogP contribution is 2.19. The fourth-order valence-corrected chi connectivity index (χ4v) is 1.98. The van der Waals surface area contributed by atoms with Crippen LogP contribution in [0.4, 0.5) is 5.69 Å². The number of H-pyrrole nitrogens is 1. The van der Waals surface area contributed by atoms with Gasteiger partial charge in [-0.2, -0.15) is 5.10 Å². The summed E-state index contributed by atoms with van der Waals surface area (Å²) in [5.41, 5.74) is 7.25. The number of carbonyl (C=O) groups is 1. The fraction of sp³-hybridized carbons (Fsp3) is 0.231. The van der Waals surface area contributed by atoms with Gasteiger partial charge in [-0.1, -0.05) is 29.8 Å². The van der Waals surface area contributed by atoms with E-state index in [0.717, 1.165) is 5.56 Å². The second-order valence-electron chi connectivity index (χ2n) is 4.11. The maximum absolute atomic E-state index is 12.3. The van der Waals surface area contributed by atoms with Crippen LogP contribution in [0.5, 0.6) is 0 Å². The average molecular weight is 279 g/mol. The minimum atomic E-state index is -0.183. The number of hydrogen-bond acceptors (Lipinski definition) is 3. The van der Waals surface area contributed by atoms with Gasteiger partial charge >= 0.3 is 0 Å². The number of nitrogen functional groups attached to an aromatic ring is 1. The zero-order valence-corrected chi connectivity index (χ0v) is 11.3. The van der Waals surface area contributed by atoms with Crippen LogP contribution in [-0.2, 0) is 6.54 Å². The summed E-state index contributed by atoms with van der Waals surface area (Å²) in [5.74, 6) is -0.183. The second-order valence-corrected chi connectivity index (χ2v) is 4.52. The maximum Gasteiger partial charge on any atom is 0.274 e. The molecule has 0 aliphatic heterocycles. The monoisotopic (exact) mass is 278 g/mol. The lowest BCUT2D eigenvalue weighted by Crippen LogP contribution is -2.31. The first-order valence-electron chi connectivity index (χ1n) is 5.95. The number of aromatic amines is 1. The summed E-state index contributed by atoms with van der Waals surface area (Å²) in [6.07, 6.45) is 1.43. The Labute approximate surface area is 116 Å². The van der Waals surface area contributed by atoms with Gasteiger partial charge in [0.1, 0.15) is 5.69 Å². The smallest absolute Gasteiger partial charge is 0.274 e. The number of carbonyl (C=O) groups excluding carboxylic acids is 1. The lowest BCUT2D eigenvalue weighted by atomic mass is 10.2. The molecule has 100 valence electrons. The summed E-state index contributed by atoms with van der Waals surface area (Å²) in [7, 11) is 0. The SMILES string of the molecule is CCN(Cc1ccccc1Cl)C(=O)c1[nH]ncc1N. The van der Waals surface area contributed by atoms with Gasteiger partial charge in [0.25, 0.3) is 5.91 Å². The number of amides is 1. The molecule has 5 nitrogen and oxygen atoms in total. The zero-order chi connectivity index (χ0) is 13.8. The molecule has 0 aliphatic rings. The Morgan fingerprint density at radius 1 is 1.47 bits per heavy atom. The molecule has 2 aromatic rings. The predicted octanol–water partition coefficient (Wildman–Crippen LogP) is 2.31. The Bertz CT molecular complexity index is 582. The summed E-state index contributed by atoms with van der Waals surface area (Å²) >= 11 is 6.10. The lowest BCUT2D eigenvalue weighted by molar-refractivity contribution is 0.0748. The third-order valence-corrected chi connectivity index (χ3v) is 3.24.